The molecule has 1 heterocycles. The van der Waals surface area contributed by atoms with Gasteiger partial charge in [-0.15, -0.1) is 0 Å². The van der Waals surface area contributed by atoms with Crippen LogP contribution in [-0.2, 0) is 0 Å². The molecule has 0 spiro atoms. The van der Waals surface area contributed by atoms with E-state index in [1.54, 1.807) is 0 Å². The lowest BCUT2D eigenvalue weighted by Gasteiger charge is -2.18. The summed E-state index contributed by atoms with van der Waals surface area (Å²) in [7, 11) is 0. The minimum Gasteiger partial charge on any atom is -0.461 e. The van der Waals surface area contributed by atoms with Crippen LogP contribution in [0.2, 0.25) is 0 Å². The van der Waals surface area contributed by atoms with Crippen molar-refractivity contribution in [1.29, 1.82) is 0 Å². The number of rotatable bonds is 0. The summed E-state index contributed by atoms with van der Waals surface area (Å²) in [6, 6.07) is 10.6. The van der Waals surface area contributed by atoms with Crippen LogP contribution in [0.4, 0.5) is 0 Å². The van der Waals surface area contributed by atoms with E-state index >= 15 is 0 Å². The summed E-state index contributed by atoms with van der Waals surface area (Å²) < 4.78 is 5.80. The van der Waals surface area contributed by atoms with Crippen molar-refractivity contribution in [3.8, 4) is 5.75 Å². The summed E-state index contributed by atoms with van der Waals surface area (Å²) in [6.07, 6.45) is 2.09. The van der Waals surface area contributed by atoms with Gasteiger partial charge >= 0.3 is 0 Å². The van der Waals surface area contributed by atoms with Crippen molar-refractivity contribution in [2.24, 2.45) is 0 Å². The first kappa shape index (κ1) is 8.54. The Kier molecular flexibility index (Phi) is 1.63. The van der Waals surface area contributed by atoms with Crippen LogP contribution in [-0.4, -0.2) is 0 Å². The molecule has 15 heavy (non-hydrogen) atoms. The predicted molar refractivity (Wildman–Crippen MR) is 63.0 cm³/mol. The summed E-state index contributed by atoms with van der Waals surface area (Å²) in [6.45, 7) is 4.08. The van der Waals surface area contributed by atoms with Crippen LogP contribution >= 0.6 is 0 Å². The van der Waals surface area contributed by atoms with Gasteiger partial charge in [-0.1, -0.05) is 30.3 Å². The Bertz CT molecular complexity index is 579. The highest BCUT2D eigenvalue weighted by molar-refractivity contribution is 5.97. The van der Waals surface area contributed by atoms with Crippen molar-refractivity contribution in [2.45, 2.75) is 13.8 Å². The Morgan fingerprint density at radius 2 is 1.87 bits per heavy atom. The molecule has 0 atom stereocenters. The maximum absolute atomic E-state index is 5.80. The van der Waals surface area contributed by atoms with E-state index in [1.807, 2.05) is 6.92 Å². The summed E-state index contributed by atoms with van der Waals surface area (Å²) in [4.78, 5) is 0. The lowest BCUT2D eigenvalue weighted by atomic mass is 9.99. The van der Waals surface area contributed by atoms with Crippen molar-refractivity contribution < 1.29 is 4.74 Å². The first-order valence-corrected chi connectivity index (χ1v) is 5.14. The standard InChI is InChI=1S/C14H12O/c1-9-6-7-11-4-3-5-12-8-10(2)15-14(9)13(11)12/h3-8H,1-2H3. The van der Waals surface area contributed by atoms with Gasteiger partial charge < -0.3 is 4.74 Å². The second kappa shape index (κ2) is 2.86. The zero-order valence-corrected chi connectivity index (χ0v) is 8.87. The van der Waals surface area contributed by atoms with E-state index in [4.69, 9.17) is 4.74 Å². The first-order valence-electron chi connectivity index (χ1n) is 5.14. The quantitative estimate of drug-likeness (QED) is 0.621. The molecule has 0 saturated carbocycles. The van der Waals surface area contributed by atoms with Gasteiger partial charge in [0, 0.05) is 5.39 Å². The van der Waals surface area contributed by atoms with Crippen LogP contribution in [0.1, 0.15) is 18.1 Å². The summed E-state index contributed by atoms with van der Waals surface area (Å²) in [5, 5.41) is 2.49. The highest BCUT2D eigenvalue weighted by Crippen LogP contribution is 2.37. The number of aryl methyl sites for hydroxylation is 1. The largest absolute Gasteiger partial charge is 0.461 e. The van der Waals surface area contributed by atoms with Crippen LogP contribution in [0.5, 0.6) is 5.75 Å². The van der Waals surface area contributed by atoms with Gasteiger partial charge in [0.05, 0.1) is 0 Å². The van der Waals surface area contributed by atoms with Gasteiger partial charge in [-0.25, -0.2) is 0 Å². The Hall–Kier alpha value is -1.76. The zero-order valence-electron chi connectivity index (χ0n) is 8.87. The van der Waals surface area contributed by atoms with Gasteiger partial charge in [0.2, 0.25) is 0 Å². The van der Waals surface area contributed by atoms with E-state index in [0.29, 0.717) is 0 Å². The third-order valence-electron chi connectivity index (χ3n) is 2.85. The van der Waals surface area contributed by atoms with E-state index < -0.39 is 0 Å². The van der Waals surface area contributed by atoms with Crippen LogP contribution < -0.4 is 4.74 Å². The molecule has 1 aliphatic rings. The van der Waals surface area contributed by atoms with Crippen molar-refractivity contribution in [3.63, 3.8) is 0 Å². The van der Waals surface area contributed by atoms with E-state index in [9.17, 15) is 0 Å². The van der Waals surface area contributed by atoms with Crippen LogP contribution in [0.25, 0.3) is 16.8 Å². The molecule has 1 heteroatoms. The second-order valence-corrected chi connectivity index (χ2v) is 4.01. The predicted octanol–water partition coefficient (Wildman–Crippen LogP) is 3.90. The van der Waals surface area contributed by atoms with Gasteiger partial charge in [0.15, 0.2) is 0 Å². The molecular formula is C14H12O. The molecular weight excluding hydrogens is 184 g/mol. The van der Waals surface area contributed by atoms with Crippen LogP contribution in [0.15, 0.2) is 36.1 Å². The fourth-order valence-corrected chi connectivity index (χ4v) is 2.14. The minimum atomic E-state index is 0.962. The Labute approximate surface area is 89.0 Å². The number of ether oxygens (including phenoxy) is 1. The molecule has 2 aromatic carbocycles. The molecule has 0 fully saturated rings. The van der Waals surface area contributed by atoms with Crippen molar-refractivity contribution in [3.05, 3.63) is 47.2 Å². The smallest absolute Gasteiger partial charge is 0.138 e. The van der Waals surface area contributed by atoms with Gasteiger partial charge in [-0.3, -0.25) is 0 Å². The second-order valence-electron chi connectivity index (χ2n) is 4.01. The number of hydrogen-bond acceptors (Lipinski definition) is 1. The molecule has 0 aromatic heterocycles. The molecule has 0 bridgehead atoms. The van der Waals surface area contributed by atoms with Gasteiger partial charge in [-0.2, -0.15) is 0 Å². The molecule has 0 N–H and O–H groups in total. The molecule has 0 aliphatic carbocycles. The van der Waals surface area contributed by atoms with Crippen LogP contribution in [0, 0.1) is 6.92 Å². The van der Waals surface area contributed by atoms with E-state index in [1.165, 1.54) is 21.9 Å². The fourth-order valence-electron chi connectivity index (χ4n) is 2.14. The molecule has 74 valence electrons. The van der Waals surface area contributed by atoms with E-state index in [-0.39, 0.29) is 0 Å². The number of allylic oxidation sites excluding steroid dienone is 1. The monoisotopic (exact) mass is 196 g/mol. The molecule has 0 radical (unpaired) electrons. The van der Waals surface area contributed by atoms with Crippen molar-refractivity contribution in [2.75, 3.05) is 0 Å². The first-order chi connectivity index (χ1) is 7.25. The van der Waals surface area contributed by atoms with E-state index in [0.717, 1.165) is 11.5 Å². The van der Waals surface area contributed by atoms with Gasteiger partial charge in [-0.05, 0) is 36.4 Å². The molecule has 0 unspecified atom stereocenters. The minimum absolute atomic E-state index is 0.962. The highest BCUT2D eigenvalue weighted by Gasteiger charge is 2.14. The molecule has 1 nitrogen and oxygen atoms in total. The Morgan fingerprint density at radius 3 is 2.73 bits per heavy atom. The highest BCUT2D eigenvalue weighted by atomic mass is 16.5. The SMILES string of the molecule is CC1=Cc2cccc3ccc(C)c(c23)O1. The normalized spacial score (nSPS) is 13.6. The van der Waals surface area contributed by atoms with Gasteiger partial charge in [0.1, 0.15) is 11.5 Å². The van der Waals surface area contributed by atoms with Gasteiger partial charge in [0.25, 0.3) is 0 Å². The Morgan fingerprint density at radius 1 is 1.00 bits per heavy atom. The third-order valence-corrected chi connectivity index (χ3v) is 2.85. The third kappa shape index (κ3) is 1.16. The number of hydrogen-bond donors (Lipinski definition) is 0. The molecule has 2 aromatic rings. The topological polar surface area (TPSA) is 9.23 Å². The average molecular weight is 196 g/mol. The molecule has 0 amide bonds. The molecule has 0 saturated heterocycles. The molecule has 1 aliphatic heterocycles. The lowest BCUT2D eigenvalue weighted by Crippen LogP contribution is -2.00. The molecule has 3 rings (SSSR count). The fraction of sp³-hybridized carbons (Fsp3) is 0.143. The van der Waals surface area contributed by atoms with Crippen LogP contribution in [0.3, 0.4) is 0 Å². The maximum atomic E-state index is 5.80. The van der Waals surface area contributed by atoms with Crippen molar-refractivity contribution >= 4 is 16.8 Å². The zero-order chi connectivity index (χ0) is 10.4. The summed E-state index contributed by atoms with van der Waals surface area (Å²) in [5.41, 5.74) is 2.46. The maximum Gasteiger partial charge on any atom is 0.138 e. The summed E-state index contributed by atoms with van der Waals surface area (Å²) in [5.74, 6) is 1.98. The average Bonchev–Trinajstić information content (AvgIpc) is 2.23. The summed E-state index contributed by atoms with van der Waals surface area (Å²) >= 11 is 0. The van der Waals surface area contributed by atoms with E-state index in [2.05, 4.69) is 43.3 Å². The Balaban J connectivity index is 2.51. The lowest BCUT2D eigenvalue weighted by molar-refractivity contribution is 0.432. The van der Waals surface area contributed by atoms with Crippen molar-refractivity contribution in [1.82, 2.24) is 0 Å². The number of benzene rings is 2.